The largest absolute Gasteiger partial charge is 0.496 e. The number of hydrogen-bond acceptors (Lipinski definition) is 4. The van der Waals surface area contributed by atoms with Crippen molar-refractivity contribution in [2.75, 3.05) is 7.11 Å². The highest BCUT2D eigenvalue weighted by Crippen LogP contribution is 2.26. The van der Waals surface area contributed by atoms with Gasteiger partial charge in [-0.2, -0.15) is 0 Å². The Balaban J connectivity index is 1.49. The molecular weight excluding hydrogens is 468 g/mol. The minimum atomic E-state index is -0.0523. The number of benzene rings is 3. The SMILES string of the molecule is COc1ccc(OCc2ccccc2)cc1CCC(=O)CC(=O)CCc1ccc(Br)cc1. The summed E-state index contributed by atoms with van der Waals surface area (Å²) in [5, 5.41) is 0. The maximum absolute atomic E-state index is 12.4. The lowest BCUT2D eigenvalue weighted by atomic mass is 10.0. The predicted octanol–water partition coefficient (Wildman–Crippen LogP) is 6.13. The summed E-state index contributed by atoms with van der Waals surface area (Å²) >= 11 is 3.40. The van der Waals surface area contributed by atoms with E-state index in [1.54, 1.807) is 7.11 Å². The monoisotopic (exact) mass is 494 g/mol. The van der Waals surface area contributed by atoms with Crippen LogP contribution < -0.4 is 9.47 Å². The first-order chi connectivity index (χ1) is 15.5. The van der Waals surface area contributed by atoms with Crippen LogP contribution in [0.15, 0.2) is 77.3 Å². The Morgan fingerprint density at radius 2 is 1.50 bits per heavy atom. The average molecular weight is 495 g/mol. The van der Waals surface area contributed by atoms with Crippen molar-refractivity contribution in [3.05, 3.63) is 94.0 Å². The van der Waals surface area contributed by atoms with E-state index in [2.05, 4.69) is 15.9 Å². The van der Waals surface area contributed by atoms with Gasteiger partial charge < -0.3 is 9.47 Å². The van der Waals surface area contributed by atoms with E-state index < -0.39 is 0 Å². The van der Waals surface area contributed by atoms with Crippen molar-refractivity contribution in [3.8, 4) is 11.5 Å². The smallest absolute Gasteiger partial charge is 0.140 e. The van der Waals surface area contributed by atoms with Crippen molar-refractivity contribution in [1.82, 2.24) is 0 Å². The average Bonchev–Trinajstić information content (AvgIpc) is 2.81. The topological polar surface area (TPSA) is 52.6 Å². The number of ketones is 2. The standard InChI is InChI=1S/C27H27BrO4/c1-31-27-16-15-26(32-19-21-5-3-2-4-6-21)17-22(27)10-14-25(30)18-24(29)13-9-20-7-11-23(28)12-8-20/h2-8,11-12,15-17H,9-10,13-14,18-19H2,1H3. The molecule has 0 aromatic heterocycles. The molecule has 0 amide bonds. The van der Waals surface area contributed by atoms with Crippen LogP contribution in [0, 0.1) is 0 Å². The minimum Gasteiger partial charge on any atom is -0.496 e. The fraction of sp³-hybridized carbons (Fsp3) is 0.259. The molecule has 0 aliphatic rings. The number of aryl methyl sites for hydroxylation is 2. The van der Waals surface area contributed by atoms with Crippen molar-refractivity contribution in [1.29, 1.82) is 0 Å². The Kier molecular flexibility index (Phi) is 9.05. The second-order valence-corrected chi connectivity index (χ2v) is 8.54. The highest BCUT2D eigenvalue weighted by molar-refractivity contribution is 9.10. The summed E-state index contributed by atoms with van der Waals surface area (Å²) in [7, 11) is 1.61. The Hall–Kier alpha value is -2.92. The van der Waals surface area contributed by atoms with E-state index in [0.29, 0.717) is 38.0 Å². The molecule has 0 spiro atoms. The van der Waals surface area contributed by atoms with Crippen LogP contribution >= 0.6 is 15.9 Å². The van der Waals surface area contributed by atoms with E-state index >= 15 is 0 Å². The molecule has 3 rings (SSSR count). The maximum Gasteiger partial charge on any atom is 0.140 e. The summed E-state index contributed by atoms with van der Waals surface area (Å²) in [6.45, 7) is 0.471. The molecule has 0 aliphatic heterocycles. The minimum absolute atomic E-state index is 0.0233. The summed E-state index contributed by atoms with van der Waals surface area (Å²) in [5.41, 5.74) is 3.07. The molecule has 32 heavy (non-hydrogen) atoms. The van der Waals surface area contributed by atoms with E-state index in [1.807, 2.05) is 72.8 Å². The Bertz CT molecular complexity index is 1030. The fourth-order valence-corrected chi connectivity index (χ4v) is 3.65. The second-order valence-electron chi connectivity index (χ2n) is 7.63. The van der Waals surface area contributed by atoms with Crippen LogP contribution in [-0.2, 0) is 29.0 Å². The van der Waals surface area contributed by atoms with Crippen molar-refractivity contribution >= 4 is 27.5 Å². The third kappa shape index (κ3) is 7.65. The Labute approximate surface area is 197 Å². The van der Waals surface area contributed by atoms with Crippen LogP contribution in [0.2, 0.25) is 0 Å². The Morgan fingerprint density at radius 1 is 0.812 bits per heavy atom. The molecule has 0 heterocycles. The van der Waals surface area contributed by atoms with Crippen molar-refractivity contribution in [2.24, 2.45) is 0 Å². The lowest BCUT2D eigenvalue weighted by Gasteiger charge is -2.12. The predicted molar refractivity (Wildman–Crippen MR) is 129 cm³/mol. The number of hydrogen-bond donors (Lipinski definition) is 0. The van der Waals surface area contributed by atoms with Gasteiger partial charge in [-0.05, 0) is 59.9 Å². The van der Waals surface area contributed by atoms with Gasteiger partial charge in [0.25, 0.3) is 0 Å². The molecule has 0 bridgehead atoms. The van der Waals surface area contributed by atoms with Crippen LogP contribution in [0.5, 0.6) is 11.5 Å². The van der Waals surface area contributed by atoms with Crippen LogP contribution in [0.25, 0.3) is 0 Å². The fourth-order valence-electron chi connectivity index (χ4n) is 3.39. The molecule has 0 radical (unpaired) electrons. The second kappa shape index (κ2) is 12.2. The molecule has 4 nitrogen and oxygen atoms in total. The van der Waals surface area contributed by atoms with Crippen molar-refractivity contribution in [3.63, 3.8) is 0 Å². The molecule has 3 aromatic rings. The molecule has 0 saturated carbocycles. The molecule has 0 N–H and O–H groups in total. The maximum atomic E-state index is 12.4. The summed E-state index contributed by atoms with van der Waals surface area (Å²) < 4.78 is 12.3. The molecule has 0 unspecified atom stereocenters. The molecule has 3 aromatic carbocycles. The highest BCUT2D eigenvalue weighted by atomic mass is 79.9. The first-order valence-corrected chi connectivity index (χ1v) is 11.4. The van der Waals surface area contributed by atoms with Crippen molar-refractivity contribution < 1.29 is 19.1 Å². The molecule has 0 saturated heterocycles. The van der Waals surface area contributed by atoms with Gasteiger partial charge in [-0.15, -0.1) is 0 Å². The number of carbonyl (C=O) groups is 2. The lowest BCUT2D eigenvalue weighted by Crippen LogP contribution is -2.10. The summed E-state index contributed by atoms with van der Waals surface area (Å²) in [5.74, 6) is 1.36. The normalized spacial score (nSPS) is 10.6. The zero-order chi connectivity index (χ0) is 22.8. The zero-order valence-corrected chi connectivity index (χ0v) is 19.8. The van der Waals surface area contributed by atoms with Gasteiger partial charge in [-0.1, -0.05) is 58.4 Å². The molecule has 0 fully saturated rings. The van der Waals surface area contributed by atoms with E-state index in [4.69, 9.17) is 9.47 Å². The molecule has 5 heteroatoms. The van der Waals surface area contributed by atoms with Crippen molar-refractivity contribution in [2.45, 2.75) is 38.7 Å². The van der Waals surface area contributed by atoms with Crippen LogP contribution in [0.3, 0.4) is 0 Å². The number of Topliss-reactive ketones (excluding diaryl/α,β-unsaturated/α-hetero) is 2. The van der Waals surface area contributed by atoms with E-state index in [1.165, 1.54) is 0 Å². The van der Waals surface area contributed by atoms with E-state index in [-0.39, 0.29) is 18.0 Å². The Morgan fingerprint density at radius 3 is 2.19 bits per heavy atom. The first-order valence-electron chi connectivity index (χ1n) is 10.6. The number of ether oxygens (including phenoxy) is 2. The summed E-state index contributed by atoms with van der Waals surface area (Å²) in [6, 6.07) is 23.4. The van der Waals surface area contributed by atoms with Crippen LogP contribution in [-0.4, -0.2) is 18.7 Å². The van der Waals surface area contributed by atoms with Gasteiger partial charge in [0.1, 0.15) is 29.7 Å². The van der Waals surface area contributed by atoms with Gasteiger partial charge in [0, 0.05) is 17.3 Å². The van der Waals surface area contributed by atoms with Gasteiger partial charge in [0.2, 0.25) is 0 Å². The number of methoxy groups -OCH3 is 1. The van der Waals surface area contributed by atoms with Gasteiger partial charge in [0.15, 0.2) is 0 Å². The first kappa shape index (κ1) is 23.7. The van der Waals surface area contributed by atoms with Gasteiger partial charge in [0.05, 0.1) is 13.5 Å². The van der Waals surface area contributed by atoms with Crippen LogP contribution in [0.1, 0.15) is 36.0 Å². The molecule has 0 atom stereocenters. The molecule has 166 valence electrons. The summed E-state index contributed by atoms with van der Waals surface area (Å²) in [4.78, 5) is 24.6. The zero-order valence-electron chi connectivity index (χ0n) is 18.2. The van der Waals surface area contributed by atoms with E-state index in [0.717, 1.165) is 26.9 Å². The van der Waals surface area contributed by atoms with Gasteiger partial charge >= 0.3 is 0 Å². The molecular formula is C27H27BrO4. The third-order valence-electron chi connectivity index (χ3n) is 5.17. The van der Waals surface area contributed by atoms with Gasteiger partial charge in [-0.25, -0.2) is 0 Å². The lowest BCUT2D eigenvalue weighted by molar-refractivity contribution is -0.126. The van der Waals surface area contributed by atoms with Crippen LogP contribution in [0.4, 0.5) is 0 Å². The number of carbonyl (C=O) groups excluding carboxylic acids is 2. The van der Waals surface area contributed by atoms with Gasteiger partial charge in [-0.3, -0.25) is 9.59 Å². The third-order valence-corrected chi connectivity index (χ3v) is 5.70. The quantitative estimate of drug-likeness (QED) is 0.284. The highest BCUT2D eigenvalue weighted by Gasteiger charge is 2.13. The van der Waals surface area contributed by atoms with E-state index in [9.17, 15) is 9.59 Å². The summed E-state index contributed by atoms with van der Waals surface area (Å²) in [6.07, 6.45) is 1.80. The number of halogens is 1. The number of rotatable bonds is 12. The molecule has 0 aliphatic carbocycles.